The molecule has 1 saturated carbocycles. The molecule has 3 rings (SSSR count). The summed E-state index contributed by atoms with van der Waals surface area (Å²) >= 11 is 0. The van der Waals surface area contributed by atoms with Crippen LogP contribution in [0.25, 0.3) is 11.1 Å². The average Bonchev–Trinajstić information content (AvgIpc) is 2.98. The Balaban J connectivity index is 1.93. The molecular formula is C15H17NO5. The van der Waals surface area contributed by atoms with Crippen molar-refractivity contribution in [1.82, 2.24) is 4.98 Å². The van der Waals surface area contributed by atoms with Gasteiger partial charge < -0.3 is 14.6 Å². The van der Waals surface area contributed by atoms with Crippen molar-refractivity contribution in [2.75, 3.05) is 0 Å². The molecule has 2 aromatic rings. The zero-order valence-corrected chi connectivity index (χ0v) is 11.6. The van der Waals surface area contributed by atoms with Crippen LogP contribution in [0.2, 0.25) is 0 Å². The van der Waals surface area contributed by atoms with Crippen LogP contribution in [0, 0.1) is 17.8 Å². The standard InChI is InChI=1S/C15H17NO5/c1-7-4-9(10(5-7)14(18)19)13(17)8-2-3-11-12(6-8)21-15(20)16-11/h2-3,6-7,9-10,13,17H,4-5H2,1H3,(H,16,20)(H,18,19). The fourth-order valence-electron chi connectivity index (χ4n) is 3.36. The molecular weight excluding hydrogens is 274 g/mol. The first-order valence-corrected chi connectivity index (χ1v) is 6.99. The first-order chi connectivity index (χ1) is 9.95. The minimum atomic E-state index is -0.874. The molecule has 1 aromatic heterocycles. The Hall–Kier alpha value is -2.08. The summed E-state index contributed by atoms with van der Waals surface area (Å²) in [7, 11) is 0. The number of rotatable bonds is 3. The number of carboxylic acids is 1. The van der Waals surface area contributed by atoms with Crippen molar-refractivity contribution in [1.29, 1.82) is 0 Å². The quantitative estimate of drug-likeness (QED) is 0.801. The Morgan fingerprint density at radius 2 is 2.19 bits per heavy atom. The van der Waals surface area contributed by atoms with E-state index in [1.54, 1.807) is 18.2 Å². The third kappa shape index (κ3) is 2.47. The summed E-state index contributed by atoms with van der Waals surface area (Å²) in [4.78, 5) is 25.0. The number of H-pyrrole nitrogens is 1. The van der Waals surface area contributed by atoms with E-state index in [0.29, 0.717) is 29.5 Å². The Labute approximate surface area is 120 Å². The minimum absolute atomic E-state index is 0.277. The fraction of sp³-hybridized carbons (Fsp3) is 0.467. The molecule has 6 heteroatoms. The summed E-state index contributed by atoms with van der Waals surface area (Å²) in [6.07, 6.45) is 0.381. The van der Waals surface area contributed by atoms with Crippen molar-refractivity contribution < 1.29 is 19.4 Å². The Kier molecular flexibility index (Phi) is 3.33. The van der Waals surface area contributed by atoms with Gasteiger partial charge >= 0.3 is 11.7 Å². The van der Waals surface area contributed by atoms with Crippen LogP contribution in [-0.4, -0.2) is 21.2 Å². The summed E-state index contributed by atoms with van der Waals surface area (Å²) in [5, 5.41) is 19.8. The van der Waals surface area contributed by atoms with Crippen LogP contribution in [-0.2, 0) is 4.79 Å². The molecule has 1 aliphatic carbocycles. The van der Waals surface area contributed by atoms with Gasteiger partial charge in [0.05, 0.1) is 17.5 Å². The van der Waals surface area contributed by atoms with Crippen molar-refractivity contribution in [3.05, 3.63) is 34.3 Å². The number of aromatic amines is 1. The number of hydrogen-bond acceptors (Lipinski definition) is 4. The molecule has 4 atom stereocenters. The Bertz CT molecular complexity index is 731. The number of carbonyl (C=O) groups is 1. The van der Waals surface area contributed by atoms with Gasteiger partial charge in [-0.3, -0.25) is 9.78 Å². The highest BCUT2D eigenvalue weighted by atomic mass is 16.4. The molecule has 1 fully saturated rings. The number of aliphatic carboxylic acids is 1. The number of fused-ring (bicyclic) bond motifs is 1. The summed E-state index contributed by atoms with van der Waals surface area (Å²) in [5.74, 6) is -1.99. The van der Waals surface area contributed by atoms with Crippen LogP contribution in [0.4, 0.5) is 0 Å². The molecule has 1 aliphatic rings. The number of hydrogen-bond donors (Lipinski definition) is 3. The normalized spacial score (nSPS) is 27.0. The Morgan fingerprint density at radius 1 is 1.43 bits per heavy atom. The average molecular weight is 291 g/mol. The van der Waals surface area contributed by atoms with Gasteiger partial charge in [-0.2, -0.15) is 0 Å². The smallest absolute Gasteiger partial charge is 0.417 e. The van der Waals surface area contributed by atoms with Crippen LogP contribution in [0.15, 0.2) is 27.4 Å². The lowest BCUT2D eigenvalue weighted by molar-refractivity contribution is -0.144. The van der Waals surface area contributed by atoms with Gasteiger partial charge in [0.2, 0.25) is 0 Å². The highest BCUT2D eigenvalue weighted by Crippen LogP contribution is 2.43. The summed E-state index contributed by atoms with van der Waals surface area (Å²) < 4.78 is 4.98. The van der Waals surface area contributed by atoms with E-state index < -0.39 is 23.7 Å². The van der Waals surface area contributed by atoms with E-state index in [2.05, 4.69) is 4.98 Å². The fourth-order valence-corrected chi connectivity index (χ4v) is 3.36. The number of aliphatic hydroxyl groups is 1. The predicted molar refractivity (Wildman–Crippen MR) is 74.8 cm³/mol. The third-order valence-corrected chi connectivity index (χ3v) is 4.36. The number of benzene rings is 1. The second kappa shape index (κ2) is 5.04. The molecule has 4 unspecified atom stereocenters. The molecule has 0 amide bonds. The van der Waals surface area contributed by atoms with E-state index in [1.807, 2.05) is 6.92 Å². The number of carboxylic acid groups (broad SMARTS) is 1. The molecule has 112 valence electrons. The largest absolute Gasteiger partial charge is 0.481 e. The molecule has 21 heavy (non-hydrogen) atoms. The first kappa shape index (κ1) is 13.9. The lowest BCUT2D eigenvalue weighted by atomic mass is 9.87. The van der Waals surface area contributed by atoms with E-state index in [4.69, 9.17) is 4.42 Å². The van der Waals surface area contributed by atoms with Gasteiger partial charge in [0, 0.05) is 5.92 Å². The number of aliphatic hydroxyl groups excluding tert-OH is 1. The van der Waals surface area contributed by atoms with E-state index in [1.165, 1.54) is 0 Å². The van der Waals surface area contributed by atoms with Crippen molar-refractivity contribution in [3.63, 3.8) is 0 Å². The monoisotopic (exact) mass is 291 g/mol. The predicted octanol–water partition coefficient (Wildman–Crippen LogP) is 1.90. The molecule has 0 aliphatic heterocycles. The van der Waals surface area contributed by atoms with E-state index >= 15 is 0 Å². The maximum Gasteiger partial charge on any atom is 0.417 e. The van der Waals surface area contributed by atoms with Gasteiger partial charge in [-0.25, -0.2) is 4.79 Å². The molecule has 0 radical (unpaired) electrons. The summed E-state index contributed by atoms with van der Waals surface area (Å²) in [6.45, 7) is 2.00. The van der Waals surface area contributed by atoms with Crippen LogP contribution < -0.4 is 5.76 Å². The molecule has 0 saturated heterocycles. The van der Waals surface area contributed by atoms with Crippen molar-refractivity contribution >= 4 is 17.1 Å². The summed E-state index contributed by atoms with van der Waals surface area (Å²) in [6, 6.07) is 4.95. The van der Waals surface area contributed by atoms with Gasteiger partial charge in [0.15, 0.2) is 5.58 Å². The van der Waals surface area contributed by atoms with Crippen LogP contribution in [0.3, 0.4) is 0 Å². The van der Waals surface area contributed by atoms with Crippen LogP contribution in [0.5, 0.6) is 0 Å². The van der Waals surface area contributed by atoms with Crippen molar-refractivity contribution in [3.8, 4) is 0 Å². The topological polar surface area (TPSA) is 104 Å². The molecule has 0 bridgehead atoms. The van der Waals surface area contributed by atoms with Crippen LogP contribution >= 0.6 is 0 Å². The van der Waals surface area contributed by atoms with Gasteiger partial charge in [0.25, 0.3) is 0 Å². The first-order valence-electron chi connectivity index (χ1n) is 6.99. The highest BCUT2D eigenvalue weighted by Gasteiger charge is 2.41. The van der Waals surface area contributed by atoms with Crippen molar-refractivity contribution in [2.45, 2.75) is 25.9 Å². The van der Waals surface area contributed by atoms with E-state index in [0.717, 1.165) is 0 Å². The third-order valence-electron chi connectivity index (χ3n) is 4.36. The summed E-state index contributed by atoms with van der Waals surface area (Å²) in [5.41, 5.74) is 1.51. The lowest BCUT2D eigenvalue weighted by Crippen LogP contribution is -2.23. The maximum atomic E-state index is 11.3. The SMILES string of the molecule is CC1CC(C(=O)O)C(C(O)c2ccc3[nH]c(=O)oc3c2)C1. The molecule has 1 heterocycles. The second-order valence-electron chi connectivity index (χ2n) is 5.90. The van der Waals surface area contributed by atoms with E-state index in [9.17, 15) is 19.8 Å². The molecule has 6 nitrogen and oxygen atoms in total. The molecule has 3 N–H and O–H groups in total. The second-order valence-corrected chi connectivity index (χ2v) is 5.90. The molecule has 1 aromatic carbocycles. The lowest BCUT2D eigenvalue weighted by Gasteiger charge is -2.22. The highest BCUT2D eigenvalue weighted by molar-refractivity contribution is 5.73. The minimum Gasteiger partial charge on any atom is -0.481 e. The number of aromatic nitrogens is 1. The zero-order valence-electron chi connectivity index (χ0n) is 11.6. The van der Waals surface area contributed by atoms with Crippen molar-refractivity contribution in [2.24, 2.45) is 17.8 Å². The number of nitrogens with one attached hydrogen (secondary N) is 1. The van der Waals surface area contributed by atoms with E-state index in [-0.39, 0.29) is 11.8 Å². The van der Waals surface area contributed by atoms with Gasteiger partial charge in [-0.1, -0.05) is 13.0 Å². The molecule has 0 spiro atoms. The van der Waals surface area contributed by atoms with Crippen LogP contribution in [0.1, 0.15) is 31.4 Å². The van der Waals surface area contributed by atoms with Gasteiger partial charge in [-0.15, -0.1) is 0 Å². The number of oxazole rings is 1. The van der Waals surface area contributed by atoms with Gasteiger partial charge in [0.1, 0.15) is 0 Å². The maximum absolute atomic E-state index is 11.3. The zero-order chi connectivity index (χ0) is 15.1. The van der Waals surface area contributed by atoms with Gasteiger partial charge in [-0.05, 0) is 36.5 Å². The Morgan fingerprint density at radius 3 is 2.90 bits per heavy atom.